The highest BCUT2D eigenvalue weighted by molar-refractivity contribution is 7.99. The highest BCUT2D eigenvalue weighted by atomic mass is 32.2. The summed E-state index contributed by atoms with van der Waals surface area (Å²) >= 11 is 3.80. The molecule has 0 bridgehead atoms. The van der Waals surface area contributed by atoms with Crippen LogP contribution in [0.3, 0.4) is 0 Å². The van der Waals surface area contributed by atoms with Crippen molar-refractivity contribution in [3.05, 3.63) is 21.9 Å². The van der Waals surface area contributed by atoms with Crippen molar-refractivity contribution < 1.29 is 4.79 Å². The summed E-state index contributed by atoms with van der Waals surface area (Å²) < 4.78 is 0. The van der Waals surface area contributed by atoms with Gasteiger partial charge in [0, 0.05) is 47.4 Å². The smallest absolute Gasteiger partial charge is 0.238 e. The van der Waals surface area contributed by atoms with E-state index in [2.05, 4.69) is 29.3 Å². The number of hydrogen-bond acceptors (Lipinski definition) is 5. The van der Waals surface area contributed by atoms with Gasteiger partial charge in [0.2, 0.25) is 5.91 Å². The molecule has 1 N–H and O–H groups in total. The fraction of sp³-hybridized carbons (Fsp3) is 0.643. The van der Waals surface area contributed by atoms with Crippen molar-refractivity contribution in [1.29, 1.82) is 0 Å². The first-order valence-electron chi connectivity index (χ1n) is 7.13. The second kappa shape index (κ2) is 6.47. The number of thiophene rings is 1. The van der Waals surface area contributed by atoms with Crippen LogP contribution in [0.1, 0.15) is 15.9 Å². The number of amides is 1. The summed E-state index contributed by atoms with van der Waals surface area (Å²) in [5.41, 5.74) is 0. The van der Waals surface area contributed by atoms with Crippen LogP contribution in [0.15, 0.2) is 12.1 Å². The van der Waals surface area contributed by atoms with Crippen LogP contribution in [0.4, 0.5) is 0 Å². The van der Waals surface area contributed by atoms with Crippen molar-refractivity contribution in [2.75, 3.05) is 44.2 Å². The minimum absolute atomic E-state index is 0.0837. The zero-order valence-electron chi connectivity index (χ0n) is 11.8. The third-order valence-electron chi connectivity index (χ3n) is 3.87. The summed E-state index contributed by atoms with van der Waals surface area (Å²) in [6.07, 6.45) is 0.0837. The quantitative estimate of drug-likeness (QED) is 0.915. The molecular formula is C14H21N3OS2. The Balaban J connectivity index is 1.61. The van der Waals surface area contributed by atoms with E-state index in [4.69, 9.17) is 0 Å². The zero-order valence-corrected chi connectivity index (χ0v) is 13.4. The molecule has 0 aromatic carbocycles. The third-order valence-corrected chi connectivity index (χ3v) is 5.87. The molecule has 0 saturated carbocycles. The number of thioether (sulfide) groups is 1. The van der Waals surface area contributed by atoms with Gasteiger partial charge in [0.05, 0.1) is 6.54 Å². The highest BCUT2D eigenvalue weighted by Gasteiger charge is 2.32. The van der Waals surface area contributed by atoms with Crippen LogP contribution in [0.5, 0.6) is 0 Å². The summed E-state index contributed by atoms with van der Waals surface area (Å²) in [6, 6.07) is 4.27. The normalized spacial score (nSPS) is 24.6. The van der Waals surface area contributed by atoms with E-state index in [9.17, 15) is 4.79 Å². The lowest BCUT2D eigenvalue weighted by atomic mass is 10.3. The molecule has 2 aliphatic rings. The van der Waals surface area contributed by atoms with Crippen LogP contribution in [0.25, 0.3) is 0 Å². The van der Waals surface area contributed by atoms with Crippen LogP contribution < -0.4 is 5.32 Å². The Morgan fingerprint density at radius 2 is 2.10 bits per heavy atom. The molecule has 2 aliphatic heterocycles. The van der Waals surface area contributed by atoms with E-state index >= 15 is 0 Å². The van der Waals surface area contributed by atoms with E-state index in [0.717, 1.165) is 26.2 Å². The monoisotopic (exact) mass is 311 g/mol. The van der Waals surface area contributed by atoms with Gasteiger partial charge < -0.3 is 4.90 Å². The first-order chi connectivity index (χ1) is 9.74. The Labute approximate surface area is 128 Å². The minimum atomic E-state index is 0.0837. The number of aryl methyl sites for hydroxylation is 1. The Morgan fingerprint density at radius 3 is 2.80 bits per heavy atom. The molecule has 3 rings (SSSR count). The molecule has 2 saturated heterocycles. The molecule has 110 valence electrons. The summed E-state index contributed by atoms with van der Waals surface area (Å²) in [5.74, 6) is 2.67. The lowest BCUT2D eigenvalue weighted by molar-refractivity contribution is -0.128. The molecule has 20 heavy (non-hydrogen) atoms. The van der Waals surface area contributed by atoms with E-state index < -0.39 is 0 Å². The Morgan fingerprint density at radius 1 is 1.30 bits per heavy atom. The lowest BCUT2D eigenvalue weighted by Crippen LogP contribution is -2.41. The lowest BCUT2D eigenvalue weighted by Gasteiger charge is -2.30. The van der Waals surface area contributed by atoms with Gasteiger partial charge in [-0.15, -0.1) is 11.3 Å². The molecule has 1 aromatic rings. The van der Waals surface area contributed by atoms with Gasteiger partial charge in [-0.2, -0.15) is 11.8 Å². The Hall–Kier alpha value is -0.560. The van der Waals surface area contributed by atoms with Crippen LogP contribution >= 0.6 is 23.1 Å². The predicted molar refractivity (Wildman–Crippen MR) is 85.3 cm³/mol. The number of nitrogens with zero attached hydrogens (tertiary/aromatic N) is 2. The average molecular weight is 311 g/mol. The third kappa shape index (κ3) is 3.19. The summed E-state index contributed by atoms with van der Waals surface area (Å²) in [6.45, 7) is 6.72. The van der Waals surface area contributed by atoms with Crippen molar-refractivity contribution in [3.63, 3.8) is 0 Å². The number of hydrogen-bond donors (Lipinski definition) is 1. The van der Waals surface area contributed by atoms with Gasteiger partial charge in [0.25, 0.3) is 0 Å². The van der Waals surface area contributed by atoms with Crippen molar-refractivity contribution in [1.82, 2.24) is 15.1 Å². The molecule has 2 fully saturated rings. The number of nitrogens with one attached hydrogen (secondary N) is 1. The van der Waals surface area contributed by atoms with Gasteiger partial charge in [-0.1, -0.05) is 0 Å². The van der Waals surface area contributed by atoms with Gasteiger partial charge in [-0.3, -0.25) is 15.0 Å². The number of carbonyl (C=O) groups is 1. The fourth-order valence-corrected chi connectivity index (χ4v) is 4.67. The van der Waals surface area contributed by atoms with Gasteiger partial charge >= 0.3 is 0 Å². The molecule has 1 atom stereocenters. The summed E-state index contributed by atoms with van der Waals surface area (Å²) in [4.78, 5) is 19.1. The number of rotatable bonds is 4. The molecule has 0 spiro atoms. The molecule has 4 nitrogen and oxygen atoms in total. The van der Waals surface area contributed by atoms with E-state index in [-0.39, 0.29) is 12.1 Å². The predicted octanol–water partition coefficient (Wildman–Crippen LogP) is 1.54. The second-order valence-corrected chi connectivity index (χ2v) is 7.82. The molecule has 1 aromatic heterocycles. The first-order valence-corrected chi connectivity index (χ1v) is 9.10. The summed E-state index contributed by atoms with van der Waals surface area (Å²) in [7, 11) is 0. The van der Waals surface area contributed by atoms with E-state index in [1.165, 1.54) is 21.3 Å². The maximum Gasteiger partial charge on any atom is 0.238 e. The van der Waals surface area contributed by atoms with Crippen LogP contribution in [-0.2, 0) is 4.79 Å². The maximum atomic E-state index is 12.1. The van der Waals surface area contributed by atoms with Crippen LogP contribution in [0.2, 0.25) is 0 Å². The molecule has 6 heteroatoms. The van der Waals surface area contributed by atoms with Crippen molar-refractivity contribution in [3.8, 4) is 0 Å². The zero-order chi connectivity index (χ0) is 13.9. The van der Waals surface area contributed by atoms with Gasteiger partial charge in [-0.25, -0.2) is 0 Å². The van der Waals surface area contributed by atoms with Crippen molar-refractivity contribution in [2.24, 2.45) is 0 Å². The van der Waals surface area contributed by atoms with Gasteiger partial charge in [0.15, 0.2) is 0 Å². The second-order valence-electron chi connectivity index (χ2n) is 5.27. The minimum Gasteiger partial charge on any atom is -0.320 e. The molecule has 1 unspecified atom stereocenters. The maximum absolute atomic E-state index is 12.1. The van der Waals surface area contributed by atoms with Gasteiger partial charge in [-0.05, 0) is 19.1 Å². The largest absolute Gasteiger partial charge is 0.320 e. The van der Waals surface area contributed by atoms with Crippen molar-refractivity contribution in [2.45, 2.75) is 13.1 Å². The Bertz CT molecular complexity index is 471. The van der Waals surface area contributed by atoms with E-state index in [1.807, 2.05) is 16.7 Å². The molecule has 0 radical (unpaired) electrons. The van der Waals surface area contributed by atoms with Crippen LogP contribution in [-0.4, -0.2) is 59.9 Å². The SMILES string of the molecule is Cc1ccc(C2NCC(=O)N2CCN2CCSCC2)s1. The molecule has 0 aliphatic carbocycles. The summed E-state index contributed by atoms with van der Waals surface area (Å²) in [5, 5.41) is 3.34. The van der Waals surface area contributed by atoms with Crippen LogP contribution in [0, 0.1) is 6.92 Å². The molecular weight excluding hydrogens is 290 g/mol. The molecule has 1 amide bonds. The Kier molecular flexibility index (Phi) is 4.65. The van der Waals surface area contributed by atoms with E-state index in [1.54, 1.807) is 11.3 Å². The standard InChI is InChI=1S/C14H21N3OS2/c1-11-2-3-12(20-11)14-15-10-13(18)17(14)5-4-16-6-8-19-9-7-16/h2-3,14-15H,4-10H2,1H3. The topological polar surface area (TPSA) is 35.6 Å². The van der Waals surface area contributed by atoms with Gasteiger partial charge in [0.1, 0.15) is 6.17 Å². The van der Waals surface area contributed by atoms with Crippen molar-refractivity contribution >= 4 is 29.0 Å². The fourth-order valence-electron chi connectivity index (χ4n) is 2.72. The average Bonchev–Trinajstić information content (AvgIpc) is 3.04. The van der Waals surface area contributed by atoms with E-state index in [0.29, 0.717) is 6.54 Å². The number of carbonyl (C=O) groups excluding carboxylic acids is 1. The molecule has 3 heterocycles. The highest BCUT2D eigenvalue weighted by Crippen LogP contribution is 2.28. The first kappa shape index (κ1) is 14.4.